The van der Waals surface area contributed by atoms with Crippen LogP contribution in [0.5, 0.6) is 5.75 Å². The number of benzene rings is 1. The molecule has 0 saturated carbocycles. The van der Waals surface area contributed by atoms with Gasteiger partial charge in [-0.1, -0.05) is 11.3 Å². The van der Waals surface area contributed by atoms with Gasteiger partial charge in [0.1, 0.15) is 5.75 Å². The Hall–Kier alpha value is -2.44. The van der Waals surface area contributed by atoms with E-state index in [4.69, 9.17) is 0 Å². The maximum Gasteiger partial charge on any atom is 0.573 e. The lowest BCUT2D eigenvalue weighted by Gasteiger charge is -2.23. The predicted molar refractivity (Wildman–Crippen MR) is 97.2 cm³/mol. The number of nitrogens with one attached hydrogen (secondary N) is 4. The second-order valence-corrected chi connectivity index (χ2v) is 7.11. The lowest BCUT2D eigenvalue weighted by atomic mass is 10.1. The minimum absolute atomic E-state index is 0.0224. The highest BCUT2D eigenvalue weighted by atomic mass is 32.1. The van der Waals surface area contributed by atoms with Crippen LogP contribution in [0.25, 0.3) is 10.2 Å². The molecule has 12 heteroatoms. The van der Waals surface area contributed by atoms with E-state index in [1.807, 2.05) is 0 Å². The Bertz CT molecular complexity index is 852. The van der Waals surface area contributed by atoms with Crippen LogP contribution in [-0.2, 0) is 9.59 Å². The van der Waals surface area contributed by atoms with Crippen molar-refractivity contribution < 1.29 is 27.5 Å². The molecule has 1 atom stereocenters. The van der Waals surface area contributed by atoms with Gasteiger partial charge < -0.3 is 26.0 Å². The van der Waals surface area contributed by atoms with Crippen molar-refractivity contribution in [3.8, 4) is 5.75 Å². The summed E-state index contributed by atoms with van der Waals surface area (Å²) in [5.41, 5.74) is 0.426. The number of hydrogen-bond acceptors (Lipinski definition) is 7. The van der Waals surface area contributed by atoms with E-state index < -0.39 is 12.3 Å². The average Bonchev–Trinajstić information content (AvgIpc) is 3.01. The largest absolute Gasteiger partial charge is 0.573 e. The number of amides is 2. The predicted octanol–water partition coefficient (Wildman–Crippen LogP) is 1.20. The number of hydrogen-bond donors (Lipinski definition) is 4. The number of aromatic nitrogens is 1. The monoisotopic (exact) mass is 417 g/mol. The molecule has 2 heterocycles. The summed E-state index contributed by atoms with van der Waals surface area (Å²) >= 11 is 1.01. The number of ether oxygens (including phenoxy) is 1. The van der Waals surface area contributed by atoms with Crippen molar-refractivity contribution >= 4 is 38.5 Å². The minimum Gasteiger partial charge on any atom is -0.406 e. The van der Waals surface area contributed by atoms with Gasteiger partial charge in [0.15, 0.2) is 5.13 Å². The lowest BCUT2D eigenvalue weighted by Crippen LogP contribution is -2.50. The number of carbonyl (C=O) groups is 2. The summed E-state index contributed by atoms with van der Waals surface area (Å²) in [5.74, 6) is -1.09. The molecule has 1 saturated heterocycles. The molecule has 2 aromatic rings. The van der Waals surface area contributed by atoms with Crippen molar-refractivity contribution in [3.05, 3.63) is 18.2 Å². The molecule has 8 nitrogen and oxygen atoms in total. The molecule has 3 rings (SSSR count). The molecular weight excluding hydrogens is 399 g/mol. The molecule has 0 aliphatic carbocycles. The van der Waals surface area contributed by atoms with Crippen molar-refractivity contribution in [2.45, 2.75) is 18.8 Å². The van der Waals surface area contributed by atoms with Gasteiger partial charge in [0.05, 0.1) is 16.8 Å². The number of nitrogens with zero attached hydrogens (tertiary/aromatic N) is 1. The number of thiazole rings is 1. The number of rotatable bonds is 6. The average molecular weight is 417 g/mol. The molecule has 4 N–H and O–H groups in total. The summed E-state index contributed by atoms with van der Waals surface area (Å²) < 4.78 is 41.1. The highest BCUT2D eigenvalue weighted by Crippen LogP contribution is 2.31. The molecule has 0 radical (unpaired) electrons. The lowest BCUT2D eigenvalue weighted by molar-refractivity contribution is -0.274. The molecule has 2 amide bonds. The van der Waals surface area contributed by atoms with Crippen LogP contribution in [0.15, 0.2) is 18.2 Å². The fraction of sp³-hybridized carbons (Fsp3) is 0.438. The van der Waals surface area contributed by atoms with Crippen LogP contribution in [0.4, 0.5) is 18.3 Å². The van der Waals surface area contributed by atoms with Gasteiger partial charge in [-0.15, -0.1) is 13.2 Å². The fourth-order valence-electron chi connectivity index (χ4n) is 2.65. The van der Waals surface area contributed by atoms with E-state index in [9.17, 15) is 22.8 Å². The zero-order valence-corrected chi connectivity index (χ0v) is 15.4. The summed E-state index contributed by atoms with van der Waals surface area (Å²) in [4.78, 5) is 28.0. The van der Waals surface area contributed by atoms with Gasteiger partial charge in [0, 0.05) is 38.2 Å². The molecule has 0 spiro atoms. The van der Waals surface area contributed by atoms with Crippen LogP contribution < -0.4 is 26.0 Å². The minimum atomic E-state index is -4.78. The van der Waals surface area contributed by atoms with Crippen molar-refractivity contribution in [1.29, 1.82) is 0 Å². The maximum absolute atomic E-state index is 12.3. The molecule has 1 aromatic carbocycles. The van der Waals surface area contributed by atoms with E-state index in [-0.39, 0.29) is 35.8 Å². The van der Waals surface area contributed by atoms with Crippen LogP contribution in [0.1, 0.15) is 6.42 Å². The van der Waals surface area contributed by atoms with Crippen molar-refractivity contribution in [1.82, 2.24) is 20.9 Å². The number of fused-ring (bicyclic) bond motifs is 1. The van der Waals surface area contributed by atoms with Gasteiger partial charge in [0.2, 0.25) is 11.8 Å². The van der Waals surface area contributed by atoms with Crippen LogP contribution in [0, 0.1) is 0 Å². The Labute approximate surface area is 161 Å². The van der Waals surface area contributed by atoms with Crippen LogP contribution in [0.3, 0.4) is 0 Å². The number of alkyl halides is 3. The first-order valence-electron chi connectivity index (χ1n) is 8.45. The molecule has 1 aromatic heterocycles. The fourth-order valence-corrected chi connectivity index (χ4v) is 3.56. The maximum atomic E-state index is 12.3. The third-order valence-corrected chi connectivity index (χ3v) is 4.78. The molecule has 152 valence electrons. The number of carbonyl (C=O) groups excluding carboxylic acids is 2. The summed E-state index contributed by atoms with van der Waals surface area (Å²) in [7, 11) is 0. The van der Waals surface area contributed by atoms with Crippen LogP contribution in [0.2, 0.25) is 0 Å². The Kier molecular flexibility index (Phi) is 6.31. The first-order valence-corrected chi connectivity index (χ1v) is 9.27. The summed E-state index contributed by atoms with van der Waals surface area (Å²) in [6.45, 7) is 2.10. The molecule has 1 fully saturated rings. The van der Waals surface area contributed by atoms with Crippen LogP contribution in [-0.4, -0.2) is 55.4 Å². The third kappa shape index (κ3) is 6.04. The second kappa shape index (κ2) is 8.71. The van der Waals surface area contributed by atoms with Gasteiger partial charge in [0.25, 0.3) is 0 Å². The van der Waals surface area contributed by atoms with Gasteiger partial charge in [-0.25, -0.2) is 4.98 Å². The first-order chi connectivity index (χ1) is 13.3. The first kappa shape index (κ1) is 20.3. The molecule has 0 bridgehead atoms. The molecule has 1 aliphatic heterocycles. The van der Waals surface area contributed by atoms with Crippen molar-refractivity contribution in [2.24, 2.45) is 0 Å². The summed E-state index contributed by atoms with van der Waals surface area (Å²) in [6.07, 6.45) is -4.53. The van der Waals surface area contributed by atoms with E-state index in [0.717, 1.165) is 30.5 Å². The standard InChI is InChI=1S/C16H18F3N5O3S/c17-16(18,19)27-10-1-2-11-12(6-10)28-15(23-11)24-14(26)8-22-13(25)5-9-7-20-3-4-21-9/h1-2,6,9,20-21H,3-5,7-8H2,(H,22,25)(H,23,24,26)/t9-/m0/s1. The van der Waals surface area contributed by atoms with E-state index >= 15 is 0 Å². The number of halogens is 3. The Morgan fingerprint density at radius 1 is 1.29 bits per heavy atom. The Morgan fingerprint density at radius 2 is 2.11 bits per heavy atom. The Balaban J connectivity index is 1.50. The zero-order chi connectivity index (χ0) is 20.1. The zero-order valence-electron chi connectivity index (χ0n) is 14.6. The van der Waals surface area contributed by atoms with Gasteiger partial charge >= 0.3 is 6.36 Å². The van der Waals surface area contributed by atoms with E-state index in [1.54, 1.807) is 0 Å². The Morgan fingerprint density at radius 3 is 2.82 bits per heavy atom. The summed E-state index contributed by atoms with van der Waals surface area (Å²) in [5, 5.41) is 11.6. The second-order valence-electron chi connectivity index (χ2n) is 6.08. The van der Waals surface area contributed by atoms with E-state index in [2.05, 4.69) is 31.0 Å². The molecule has 28 heavy (non-hydrogen) atoms. The molecule has 0 unspecified atom stereocenters. The van der Waals surface area contributed by atoms with Gasteiger partial charge in [-0.3, -0.25) is 9.59 Å². The SMILES string of the molecule is O=C(C[C@H]1CNCCN1)NCC(=O)Nc1nc2ccc(OC(F)(F)F)cc2s1. The highest BCUT2D eigenvalue weighted by molar-refractivity contribution is 7.22. The van der Waals surface area contributed by atoms with Crippen molar-refractivity contribution in [3.63, 3.8) is 0 Å². The van der Waals surface area contributed by atoms with Gasteiger partial charge in [-0.05, 0) is 12.1 Å². The van der Waals surface area contributed by atoms with Crippen LogP contribution >= 0.6 is 11.3 Å². The van der Waals surface area contributed by atoms with Crippen molar-refractivity contribution in [2.75, 3.05) is 31.5 Å². The quantitative estimate of drug-likeness (QED) is 0.563. The normalized spacial score (nSPS) is 17.3. The van der Waals surface area contributed by atoms with Gasteiger partial charge in [-0.2, -0.15) is 0 Å². The summed E-state index contributed by atoms with van der Waals surface area (Å²) in [6, 6.07) is 3.74. The van der Waals surface area contributed by atoms with E-state index in [0.29, 0.717) is 16.8 Å². The number of anilines is 1. The third-order valence-electron chi connectivity index (χ3n) is 3.84. The van der Waals surface area contributed by atoms with E-state index in [1.165, 1.54) is 12.1 Å². The number of piperazine rings is 1. The topological polar surface area (TPSA) is 104 Å². The molecular formula is C16H18F3N5O3S. The molecule has 1 aliphatic rings. The highest BCUT2D eigenvalue weighted by Gasteiger charge is 2.31. The smallest absolute Gasteiger partial charge is 0.406 e.